The first-order chi connectivity index (χ1) is 6.70. The molecule has 76 valence electrons. The molecule has 0 saturated heterocycles. The molecule has 0 fully saturated rings. The highest BCUT2D eigenvalue weighted by Crippen LogP contribution is 2.27. The van der Waals surface area contributed by atoms with E-state index in [-0.39, 0.29) is 5.78 Å². The molecule has 0 bridgehead atoms. The number of carbonyl (C=O) groups is 1. The third-order valence-corrected chi connectivity index (χ3v) is 3.88. The van der Waals surface area contributed by atoms with Crippen LogP contribution >= 0.6 is 27.7 Å². The van der Waals surface area contributed by atoms with Gasteiger partial charge in [-0.2, -0.15) is 0 Å². The predicted molar refractivity (Wildman–Crippen MR) is 64.8 cm³/mol. The molecule has 0 amide bonds. The van der Waals surface area contributed by atoms with E-state index in [0.29, 0.717) is 6.42 Å². The van der Waals surface area contributed by atoms with Gasteiger partial charge in [0.05, 0.1) is 0 Å². The second-order valence-electron chi connectivity index (χ2n) is 3.08. The molecule has 1 aromatic carbocycles. The third kappa shape index (κ3) is 4.29. The Balaban J connectivity index is 2.31. The van der Waals surface area contributed by atoms with Crippen LogP contribution in [0, 0.1) is 0 Å². The average molecular weight is 273 g/mol. The van der Waals surface area contributed by atoms with Crippen molar-refractivity contribution in [3.05, 3.63) is 28.7 Å². The third-order valence-electron chi connectivity index (χ3n) is 1.77. The van der Waals surface area contributed by atoms with Crippen LogP contribution in [0.1, 0.15) is 19.8 Å². The molecule has 3 heteroatoms. The number of thioether (sulfide) groups is 1. The first-order valence-electron chi connectivity index (χ1n) is 4.57. The molecular weight excluding hydrogens is 260 g/mol. The summed E-state index contributed by atoms with van der Waals surface area (Å²) < 4.78 is 1.13. The number of rotatable bonds is 5. The first-order valence-corrected chi connectivity index (χ1v) is 6.35. The standard InChI is InChI=1S/C11H13BrOS/c1-9(13)5-4-8-14-11-7-3-2-6-10(11)12/h2-3,6-7H,4-5,8H2,1H3. The minimum Gasteiger partial charge on any atom is -0.300 e. The summed E-state index contributed by atoms with van der Waals surface area (Å²) in [4.78, 5) is 11.9. The Hall–Kier alpha value is -0.280. The minimum absolute atomic E-state index is 0.276. The Morgan fingerprint density at radius 1 is 1.43 bits per heavy atom. The van der Waals surface area contributed by atoms with Crippen LogP contribution in [-0.4, -0.2) is 11.5 Å². The molecule has 14 heavy (non-hydrogen) atoms. The topological polar surface area (TPSA) is 17.1 Å². The Kier molecular flexibility index (Phi) is 5.26. The van der Waals surface area contributed by atoms with Gasteiger partial charge in [0.25, 0.3) is 0 Å². The minimum atomic E-state index is 0.276. The lowest BCUT2D eigenvalue weighted by Crippen LogP contribution is -1.90. The van der Waals surface area contributed by atoms with E-state index in [9.17, 15) is 4.79 Å². The first kappa shape index (κ1) is 11.8. The molecule has 0 radical (unpaired) electrons. The second kappa shape index (κ2) is 6.25. The van der Waals surface area contributed by atoms with Crippen LogP contribution in [0.25, 0.3) is 0 Å². The number of ketones is 1. The fraction of sp³-hybridized carbons (Fsp3) is 0.364. The van der Waals surface area contributed by atoms with E-state index in [0.717, 1.165) is 16.6 Å². The summed E-state index contributed by atoms with van der Waals surface area (Å²) in [6, 6.07) is 8.15. The van der Waals surface area contributed by atoms with Gasteiger partial charge in [-0.3, -0.25) is 0 Å². The maximum absolute atomic E-state index is 10.7. The van der Waals surface area contributed by atoms with Crippen molar-refractivity contribution in [1.82, 2.24) is 0 Å². The highest BCUT2D eigenvalue weighted by molar-refractivity contribution is 9.10. The van der Waals surface area contributed by atoms with Crippen LogP contribution in [-0.2, 0) is 4.79 Å². The molecule has 0 atom stereocenters. The maximum atomic E-state index is 10.7. The van der Waals surface area contributed by atoms with E-state index in [1.165, 1.54) is 4.90 Å². The van der Waals surface area contributed by atoms with E-state index >= 15 is 0 Å². The van der Waals surface area contributed by atoms with Crippen molar-refractivity contribution in [3.8, 4) is 0 Å². The number of carbonyl (C=O) groups excluding carboxylic acids is 1. The summed E-state index contributed by atoms with van der Waals surface area (Å²) in [6.45, 7) is 1.64. The zero-order valence-electron chi connectivity index (χ0n) is 8.13. The fourth-order valence-electron chi connectivity index (χ4n) is 1.07. The van der Waals surface area contributed by atoms with Crippen LogP contribution in [0.5, 0.6) is 0 Å². The maximum Gasteiger partial charge on any atom is 0.129 e. The van der Waals surface area contributed by atoms with Gasteiger partial charge in [0.1, 0.15) is 5.78 Å². The number of hydrogen-bond acceptors (Lipinski definition) is 2. The van der Waals surface area contributed by atoms with Gasteiger partial charge in [-0.05, 0) is 47.2 Å². The average Bonchev–Trinajstić information content (AvgIpc) is 2.15. The van der Waals surface area contributed by atoms with Crippen LogP contribution in [0.4, 0.5) is 0 Å². The van der Waals surface area contributed by atoms with Crippen molar-refractivity contribution in [2.45, 2.75) is 24.7 Å². The molecule has 0 aliphatic carbocycles. The Morgan fingerprint density at radius 2 is 2.14 bits per heavy atom. The van der Waals surface area contributed by atoms with E-state index in [2.05, 4.69) is 22.0 Å². The Bertz CT molecular complexity index is 312. The van der Waals surface area contributed by atoms with Gasteiger partial charge in [0, 0.05) is 15.8 Å². The van der Waals surface area contributed by atoms with Crippen molar-refractivity contribution < 1.29 is 4.79 Å². The summed E-state index contributed by atoms with van der Waals surface area (Å²) in [6.07, 6.45) is 1.65. The van der Waals surface area contributed by atoms with Crippen molar-refractivity contribution >= 4 is 33.5 Å². The highest BCUT2D eigenvalue weighted by atomic mass is 79.9. The molecule has 0 saturated carbocycles. The van der Waals surface area contributed by atoms with Gasteiger partial charge < -0.3 is 4.79 Å². The quantitative estimate of drug-likeness (QED) is 0.597. The number of halogens is 1. The number of hydrogen-bond donors (Lipinski definition) is 0. The highest BCUT2D eigenvalue weighted by Gasteiger charge is 1.99. The molecule has 0 heterocycles. The molecular formula is C11H13BrOS. The number of benzene rings is 1. The SMILES string of the molecule is CC(=O)CCCSc1ccccc1Br. The fourth-order valence-corrected chi connectivity index (χ4v) is 2.58. The number of Topliss-reactive ketones (excluding diaryl/α,β-unsaturated/α-hetero) is 1. The van der Waals surface area contributed by atoms with Gasteiger partial charge in [0.2, 0.25) is 0 Å². The molecule has 1 nitrogen and oxygen atoms in total. The van der Waals surface area contributed by atoms with E-state index < -0.39 is 0 Å². The summed E-state index contributed by atoms with van der Waals surface area (Å²) >= 11 is 5.28. The largest absolute Gasteiger partial charge is 0.300 e. The van der Waals surface area contributed by atoms with Crippen molar-refractivity contribution in [2.75, 3.05) is 5.75 Å². The molecule has 0 spiro atoms. The Labute approximate surface area is 97.4 Å². The lowest BCUT2D eigenvalue weighted by Gasteiger charge is -2.02. The zero-order valence-corrected chi connectivity index (χ0v) is 10.5. The van der Waals surface area contributed by atoms with Crippen molar-refractivity contribution in [3.63, 3.8) is 0 Å². The predicted octanol–water partition coefficient (Wildman–Crippen LogP) is 3.91. The van der Waals surface area contributed by atoms with Crippen LogP contribution < -0.4 is 0 Å². The second-order valence-corrected chi connectivity index (χ2v) is 5.08. The lowest BCUT2D eigenvalue weighted by atomic mass is 10.3. The molecule has 0 aliphatic rings. The molecule has 1 aromatic rings. The van der Waals surface area contributed by atoms with Crippen molar-refractivity contribution in [2.24, 2.45) is 0 Å². The van der Waals surface area contributed by atoms with E-state index in [1.807, 2.05) is 18.2 Å². The van der Waals surface area contributed by atoms with Crippen molar-refractivity contribution in [1.29, 1.82) is 0 Å². The summed E-state index contributed by atoms with van der Waals surface area (Å²) in [7, 11) is 0. The molecule has 0 aromatic heterocycles. The van der Waals surface area contributed by atoms with E-state index in [4.69, 9.17) is 0 Å². The van der Waals surface area contributed by atoms with Gasteiger partial charge in [-0.25, -0.2) is 0 Å². The normalized spacial score (nSPS) is 10.1. The molecule has 0 unspecified atom stereocenters. The smallest absolute Gasteiger partial charge is 0.129 e. The summed E-state index contributed by atoms with van der Waals surface area (Å²) in [5, 5.41) is 0. The summed E-state index contributed by atoms with van der Waals surface area (Å²) in [5.74, 6) is 1.28. The van der Waals surface area contributed by atoms with Crippen LogP contribution in [0.15, 0.2) is 33.6 Å². The lowest BCUT2D eigenvalue weighted by molar-refractivity contribution is -0.117. The van der Waals surface area contributed by atoms with Gasteiger partial charge in [0.15, 0.2) is 0 Å². The van der Waals surface area contributed by atoms with Crippen LogP contribution in [0.3, 0.4) is 0 Å². The summed E-state index contributed by atoms with van der Waals surface area (Å²) in [5.41, 5.74) is 0. The molecule has 1 rings (SSSR count). The van der Waals surface area contributed by atoms with Gasteiger partial charge >= 0.3 is 0 Å². The molecule has 0 N–H and O–H groups in total. The molecule has 0 aliphatic heterocycles. The van der Waals surface area contributed by atoms with Gasteiger partial charge in [-0.1, -0.05) is 12.1 Å². The Morgan fingerprint density at radius 3 is 2.79 bits per heavy atom. The van der Waals surface area contributed by atoms with E-state index in [1.54, 1.807) is 18.7 Å². The van der Waals surface area contributed by atoms with Gasteiger partial charge in [-0.15, -0.1) is 11.8 Å². The zero-order chi connectivity index (χ0) is 10.4. The monoisotopic (exact) mass is 272 g/mol. The van der Waals surface area contributed by atoms with Crippen LogP contribution in [0.2, 0.25) is 0 Å².